The van der Waals surface area contributed by atoms with Gasteiger partial charge in [0.1, 0.15) is 0 Å². The van der Waals surface area contributed by atoms with Crippen molar-refractivity contribution < 1.29 is 18.9 Å². The van der Waals surface area contributed by atoms with Crippen LogP contribution in [-0.2, 0) is 18.9 Å². The molecule has 0 N–H and O–H groups in total. The molecular formula is C17H27NO4. The normalized spacial score (nSPS) is 20.1. The maximum Gasteiger partial charge on any atom is 0.0701 e. The average Bonchev–Trinajstić information content (AvgIpc) is 2.54. The number of nitrogens with zero attached hydrogens (tertiary/aromatic N) is 1. The standard InChI is InChI=1S/C17H27NO4/c1-16-4-2-3-5-17(16)18-6-8-19-10-12-21-14-15-22-13-11-20-9-7-18/h2-5H,6-15H2,1H3. The summed E-state index contributed by atoms with van der Waals surface area (Å²) >= 11 is 0. The summed E-state index contributed by atoms with van der Waals surface area (Å²) in [6.45, 7) is 8.91. The van der Waals surface area contributed by atoms with E-state index in [1.54, 1.807) is 0 Å². The molecule has 1 aromatic rings. The highest BCUT2D eigenvalue weighted by molar-refractivity contribution is 5.52. The third-order valence-corrected chi connectivity index (χ3v) is 3.58. The topological polar surface area (TPSA) is 40.2 Å². The van der Waals surface area contributed by atoms with Gasteiger partial charge in [-0.05, 0) is 18.6 Å². The minimum absolute atomic E-state index is 0.610. The average molecular weight is 309 g/mol. The largest absolute Gasteiger partial charge is 0.377 e. The third-order valence-electron chi connectivity index (χ3n) is 3.58. The minimum Gasteiger partial charge on any atom is -0.377 e. The molecule has 0 radical (unpaired) electrons. The Morgan fingerprint density at radius 3 is 1.64 bits per heavy atom. The molecule has 0 aliphatic carbocycles. The summed E-state index contributed by atoms with van der Waals surface area (Å²) < 4.78 is 22.2. The highest BCUT2D eigenvalue weighted by atomic mass is 16.6. The second kappa shape index (κ2) is 10.6. The second-order valence-corrected chi connectivity index (χ2v) is 5.22. The van der Waals surface area contributed by atoms with Gasteiger partial charge in [-0.1, -0.05) is 18.2 Å². The smallest absolute Gasteiger partial charge is 0.0701 e. The zero-order valence-electron chi connectivity index (χ0n) is 13.5. The van der Waals surface area contributed by atoms with Crippen molar-refractivity contribution in [2.24, 2.45) is 0 Å². The molecular weight excluding hydrogens is 282 g/mol. The summed E-state index contributed by atoms with van der Waals surface area (Å²) in [4.78, 5) is 2.32. The number of hydrogen-bond acceptors (Lipinski definition) is 5. The van der Waals surface area contributed by atoms with Crippen molar-refractivity contribution in [3.63, 3.8) is 0 Å². The molecule has 124 valence electrons. The Morgan fingerprint density at radius 1 is 0.682 bits per heavy atom. The maximum absolute atomic E-state index is 5.65. The first-order chi connectivity index (χ1) is 10.9. The van der Waals surface area contributed by atoms with Gasteiger partial charge in [-0.3, -0.25) is 0 Å². The highest BCUT2D eigenvalue weighted by Gasteiger charge is 2.09. The molecule has 5 nitrogen and oxygen atoms in total. The Bertz CT molecular complexity index is 397. The lowest BCUT2D eigenvalue weighted by molar-refractivity contribution is 0.00206. The van der Waals surface area contributed by atoms with E-state index < -0.39 is 0 Å². The number of hydrogen-bond donors (Lipinski definition) is 0. The van der Waals surface area contributed by atoms with Crippen LogP contribution in [0, 0.1) is 6.92 Å². The van der Waals surface area contributed by atoms with Crippen LogP contribution in [-0.4, -0.2) is 65.9 Å². The predicted molar refractivity (Wildman–Crippen MR) is 86.7 cm³/mol. The molecule has 1 aliphatic heterocycles. The Balaban J connectivity index is 1.89. The Labute approximate surface area is 133 Å². The fraction of sp³-hybridized carbons (Fsp3) is 0.647. The van der Waals surface area contributed by atoms with Crippen molar-refractivity contribution in [1.82, 2.24) is 0 Å². The lowest BCUT2D eigenvalue weighted by atomic mass is 10.2. The van der Waals surface area contributed by atoms with E-state index >= 15 is 0 Å². The molecule has 1 saturated heterocycles. The first-order valence-electron chi connectivity index (χ1n) is 7.99. The quantitative estimate of drug-likeness (QED) is 0.792. The molecule has 0 bridgehead atoms. The molecule has 0 atom stereocenters. The van der Waals surface area contributed by atoms with E-state index in [-0.39, 0.29) is 0 Å². The lowest BCUT2D eigenvalue weighted by Crippen LogP contribution is -2.32. The first kappa shape index (κ1) is 17.2. The molecule has 0 saturated carbocycles. The molecule has 2 rings (SSSR count). The van der Waals surface area contributed by atoms with Crippen LogP contribution in [0.1, 0.15) is 5.56 Å². The highest BCUT2D eigenvalue weighted by Crippen LogP contribution is 2.18. The van der Waals surface area contributed by atoms with E-state index in [0.717, 1.165) is 13.1 Å². The molecule has 1 heterocycles. The van der Waals surface area contributed by atoms with Crippen LogP contribution >= 0.6 is 0 Å². The molecule has 1 fully saturated rings. The van der Waals surface area contributed by atoms with Gasteiger partial charge in [0, 0.05) is 18.8 Å². The number of rotatable bonds is 1. The van der Waals surface area contributed by atoms with Crippen molar-refractivity contribution >= 4 is 5.69 Å². The summed E-state index contributed by atoms with van der Waals surface area (Å²) in [6.07, 6.45) is 0. The van der Waals surface area contributed by atoms with Crippen LogP contribution in [0.3, 0.4) is 0 Å². The molecule has 0 amide bonds. The molecule has 1 aromatic carbocycles. The summed E-state index contributed by atoms with van der Waals surface area (Å²) in [5, 5.41) is 0. The van der Waals surface area contributed by atoms with E-state index in [1.807, 2.05) is 0 Å². The number of ether oxygens (including phenoxy) is 4. The zero-order valence-corrected chi connectivity index (χ0v) is 13.5. The van der Waals surface area contributed by atoms with E-state index in [0.29, 0.717) is 52.9 Å². The van der Waals surface area contributed by atoms with Gasteiger partial charge >= 0.3 is 0 Å². The Kier molecular flexibility index (Phi) is 8.27. The monoisotopic (exact) mass is 309 g/mol. The lowest BCUT2D eigenvalue weighted by Gasteiger charge is -2.26. The fourth-order valence-corrected chi connectivity index (χ4v) is 2.38. The molecule has 22 heavy (non-hydrogen) atoms. The summed E-state index contributed by atoms with van der Waals surface area (Å²) in [6, 6.07) is 8.42. The van der Waals surface area contributed by atoms with Crippen LogP contribution in [0.4, 0.5) is 5.69 Å². The van der Waals surface area contributed by atoms with Gasteiger partial charge in [0.25, 0.3) is 0 Å². The predicted octanol–water partition coefficient (Wildman–Crippen LogP) is 1.88. The summed E-state index contributed by atoms with van der Waals surface area (Å²) in [5.41, 5.74) is 2.51. The van der Waals surface area contributed by atoms with Gasteiger partial charge < -0.3 is 23.8 Å². The summed E-state index contributed by atoms with van der Waals surface area (Å²) in [7, 11) is 0. The Hall–Kier alpha value is -1.14. The van der Waals surface area contributed by atoms with Crippen LogP contribution in [0.25, 0.3) is 0 Å². The van der Waals surface area contributed by atoms with Crippen LogP contribution in [0.5, 0.6) is 0 Å². The molecule has 0 unspecified atom stereocenters. The van der Waals surface area contributed by atoms with Gasteiger partial charge in [0.05, 0.1) is 52.9 Å². The van der Waals surface area contributed by atoms with Crippen molar-refractivity contribution in [2.75, 3.05) is 70.8 Å². The molecule has 0 aromatic heterocycles. The minimum atomic E-state index is 0.610. The van der Waals surface area contributed by atoms with E-state index in [1.165, 1.54) is 11.3 Å². The van der Waals surface area contributed by atoms with Crippen molar-refractivity contribution in [2.45, 2.75) is 6.92 Å². The van der Waals surface area contributed by atoms with Crippen molar-refractivity contribution in [1.29, 1.82) is 0 Å². The van der Waals surface area contributed by atoms with E-state index in [4.69, 9.17) is 18.9 Å². The van der Waals surface area contributed by atoms with Crippen LogP contribution < -0.4 is 4.90 Å². The summed E-state index contributed by atoms with van der Waals surface area (Å²) in [5.74, 6) is 0. The van der Waals surface area contributed by atoms with Gasteiger partial charge in [0.2, 0.25) is 0 Å². The maximum atomic E-state index is 5.65. The number of aryl methyl sites for hydroxylation is 1. The van der Waals surface area contributed by atoms with Gasteiger partial charge in [0.15, 0.2) is 0 Å². The molecule has 0 spiro atoms. The van der Waals surface area contributed by atoms with E-state index in [9.17, 15) is 0 Å². The number of benzene rings is 1. The van der Waals surface area contributed by atoms with Crippen LogP contribution in [0.2, 0.25) is 0 Å². The molecule has 1 aliphatic rings. The number of anilines is 1. The van der Waals surface area contributed by atoms with Crippen molar-refractivity contribution in [3.8, 4) is 0 Å². The number of para-hydroxylation sites is 1. The van der Waals surface area contributed by atoms with Crippen LogP contribution in [0.15, 0.2) is 24.3 Å². The van der Waals surface area contributed by atoms with E-state index in [2.05, 4.69) is 36.1 Å². The fourth-order valence-electron chi connectivity index (χ4n) is 2.38. The van der Waals surface area contributed by atoms with Gasteiger partial charge in [-0.15, -0.1) is 0 Å². The van der Waals surface area contributed by atoms with Gasteiger partial charge in [-0.25, -0.2) is 0 Å². The molecule has 5 heteroatoms. The van der Waals surface area contributed by atoms with Gasteiger partial charge in [-0.2, -0.15) is 0 Å². The zero-order chi connectivity index (χ0) is 15.5. The van der Waals surface area contributed by atoms with Crippen molar-refractivity contribution in [3.05, 3.63) is 29.8 Å². The Morgan fingerprint density at radius 2 is 1.14 bits per heavy atom. The first-order valence-corrected chi connectivity index (χ1v) is 7.99. The second-order valence-electron chi connectivity index (χ2n) is 5.22. The third kappa shape index (κ3) is 6.32. The SMILES string of the molecule is Cc1ccccc1N1CCOCCOCCOCCOCC1.